The van der Waals surface area contributed by atoms with E-state index in [0.717, 1.165) is 19.8 Å². The summed E-state index contributed by atoms with van der Waals surface area (Å²) in [4.78, 5) is 2.46. The minimum atomic E-state index is 0.598. The molecule has 1 rings (SSSR count). The third kappa shape index (κ3) is 2.07. The first-order valence-corrected chi connectivity index (χ1v) is 4.94. The fourth-order valence-electron chi connectivity index (χ4n) is 1.27. The van der Waals surface area contributed by atoms with Crippen LogP contribution < -0.4 is 0 Å². The molecule has 0 aromatic rings. The highest BCUT2D eigenvalue weighted by Gasteiger charge is 2.21. The molecule has 2 nitrogen and oxygen atoms in total. The van der Waals surface area contributed by atoms with Gasteiger partial charge in [0, 0.05) is 12.6 Å². The molecule has 0 bridgehead atoms. The van der Waals surface area contributed by atoms with Crippen LogP contribution in [-0.4, -0.2) is 34.7 Å². The van der Waals surface area contributed by atoms with Crippen molar-refractivity contribution in [3.63, 3.8) is 0 Å². The maximum absolute atomic E-state index is 5.32. The van der Waals surface area contributed by atoms with Crippen LogP contribution >= 0.6 is 22.6 Å². The molecule has 0 N–H and O–H groups in total. The van der Waals surface area contributed by atoms with Gasteiger partial charge in [-0.05, 0) is 13.8 Å². The number of nitrogens with zero attached hydrogens (tertiary/aromatic N) is 1. The zero-order valence-electron chi connectivity index (χ0n) is 6.51. The van der Waals surface area contributed by atoms with Gasteiger partial charge in [-0.25, -0.2) is 0 Å². The summed E-state index contributed by atoms with van der Waals surface area (Å²) in [5, 5.41) is 0. The van der Waals surface area contributed by atoms with Gasteiger partial charge >= 0.3 is 0 Å². The van der Waals surface area contributed by atoms with Gasteiger partial charge in [-0.3, -0.25) is 4.90 Å². The summed E-state index contributed by atoms with van der Waals surface area (Å²) < 4.78 is 5.95. The Labute approximate surface area is 76.1 Å². The number of alkyl halides is 1. The molecule has 1 fully saturated rings. The summed E-state index contributed by atoms with van der Waals surface area (Å²) in [6, 6.07) is 0.598. The quantitative estimate of drug-likeness (QED) is 0.400. The van der Waals surface area contributed by atoms with Crippen LogP contribution in [0.2, 0.25) is 0 Å². The van der Waals surface area contributed by atoms with Gasteiger partial charge in [0.25, 0.3) is 0 Å². The van der Waals surface area contributed by atoms with Gasteiger partial charge in [-0.2, -0.15) is 0 Å². The van der Waals surface area contributed by atoms with Crippen molar-refractivity contribution in [1.82, 2.24) is 4.90 Å². The number of ether oxygens (including phenoxy) is 1. The van der Waals surface area contributed by atoms with Crippen LogP contribution in [0, 0.1) is 0 Å². The molecule has 10 heavy (non-hydrogen) atoms. The predicted molar refractivity (Wildman–Crippen MR) is 50.5 cm³/mol. The first-order chi connectivity index (χ1) is 4.72. The molecule has 1 unspecified atom stereocenters. The standard InChI is InChI=1S/C7H14INO/c1-6-5-10-4-3-9(6)7(2)8/h6-7H,3-5H2,1-2H3/t6-,7?/m1/s1. The van der Waals surface area contributed by atoms with E-state index in [4.69, 9.17) is 4.74 Å². The van der Waals surface area contributed by atoms with Gasteiger partial charge in [-0.1, -0.05) is 22.6 Å². The molecule has 0 saturated carbocycles. The van der Waals surface area contributed by atoms with Crippen molar-refractivity contribution < 1.29 is 4.74 Å². The van der Waals surface area contributed by atoms with E-state index in [2.05, 4.69) is 41.3 Å². The van der Waals surface area contributed by atoms with Gasteiger partial charge in [0.1, 0.15) is 0 Å². The minimum absolute atomic E-state index is 0.598. The molecule has 0 aromatic carbocycles. The van der Waals surface area contributed by atoms with Crippen molar-refractivity contribution in [3.8, 4) is 0 Å². The summed E-state index contributed by atoms with van der Waals surface area (Å²) in [6.45, 7) is 7.33. The molecule has 0 aliphatic carbocycles. The zero-order chi connectivity index (χ0) is 7.56. The van der Waals surface area contributed by atoms with E-state index in [1.54, 1.807) is 0 Å². The van der Waals surface area contributed by atoms with Gasteiger partial charge in [-0.15, -0.1) is 0 Å². The third-order valence-electron chi connectivity index (χ3n) is 1.88. The van der Waals surface area contributed by atoms with E-state index >= 15 is 0 Å². The number of morpholine rings is 1. The zero-order valence-corrected chi connectivity index (χ0v) is 8.67. The van der Waals surface area contributed by atoms with Gasteiger partial charge < -0.3 is 4.74 Å². The highest BCUT2D eigenvalue weighted by molar-refractivity contribution is 14.1. The molecule has 1 heterocycles. The molecule has 3 heteroatoms. The van der Waals surface area contributed by atoms with Gasteiger partial charge in [0.2, 0.25) is 0 Å². The van der Waals surface area contributed by atoms with Crippen LogP contribution in [0.5, 0.6) is 0 Å². The first-order valence-electron chi connectivity index (χ1n) is 3.69. The lowest BCUT2D eigenvalue weighted by Gasteiger charge is -2.35. The fraction of sp³-hybridized carbons (Fsp3) is 1.00. The molecular formula is C7H14INO. The monoisotopic (exact) mass is 255 g/mol. The molecule has 0 radical (unpaired) electrons. The van der Waals surface area contributed by atoms with Crippen LogP contribution in [0.25, 0.3) is 0 Å². The largest absolute Gasteiger partial charge is 0.379 e. The van der Waals surface area contributed by atoms with E-state index in [0.29, 0.717) is 10.1 Å². The highest BCUT2D eigenvalue weighted by atomic mass is 127. The van der Waals surface area contributed by atoms with E-state index in [9.17, 15) is 0 Å². The Hall–Kier alpha value is 0.650. The van der Waals surface area contributed by atoms with E-state index in [1.165, 1.54) is 0 Å². The molecule has 0 spiro atoms. The Morgan fingerprint density at radius 2 is 2.40 bits per heavy atom. The van der Waals surface area contributed by atoms with E-state index in [-0.39, 0.29) is 0 Å². The van der Waals surface area contributed by atoms with Gasteiger partial charge in [0.05, 0.1) is 17.3 Å². The van der Waals surface area contributed by atoms with Crippen molar-refractivity contribution >= 4 is 22.6 Å². The molecule has 1 saturated heterocycles. The van der Waals surface area contributed by atoms with Crippen LogP contribution in [0.3, 0.4) is 0 Å². The van der Waals surface area contributed by atoms with Crippen molar-refractivity contribution in [3.05, 3.63) is 0 Å². The third-order valence-corrected chi connectivity index (χ3v) is 2.59. The fourth-order valence-corrected chi connectivity index (χ4v) is 2.10. The second-order valence-corrected chi connectivity index (χ2v) is 4.54. The lowest BCUT2D eigenvalue weighted by atomic mass is 10.2. The lowest BCUT2D eigenvalue weighted by Crippen LogP contribution is -2.46. The maximum Gasteiger partial charge on any atom is 0.0620 e. The van der Waals surface area contributed by atoms with Crippen molar-refractivity contribution in [2.24, 2.45) is 0 Å². The predicted octanol–water partition coefficient (Wildman–Crippen LogP) is 1.49. The second-order valence-electron chi connectivity index (χ2n) is 2.74. The summed E-state index contributed by atoms with van der Waals surface area (Å²) in [7, 11) is 0. The Morgan fingerprint density at radius 3 is 2.80 bits per heavy atom. The number of rotatable bonds is 1. The maximum atomic E-state index is 5.32. The molecular weight excluding hydrogens is 241 g/mol. The summed E-state index contributed by atoms with van der Waals surface area (Å²) >= 11 is 2.45. The molecule has 60 valence electrons. The SMILES string of the molecule is CC(I)N1CCOC[C@H]1C. The normalized spacial score (nSPS) is 32.1. The molecule has 0 amide bonds. The van der Waals surface area contributed by atoms with Crippen molar-refractivity contribution in [2.75, 3.05) is 19.8 Å². The summed E-state index contributed by atoms with van der Waals surface area (Å²) in [6.07, 6.45) is 0. The Balaban J connectivity index is 2.40. The lowest BCUT2D eigenvalue weighted by molar-refractivity contribution is -0.000717. The van der Waals surface area contributed by atoms with Gasteiger partial charge in [0.15, 0.2) is 0 Å². The topological polar surface area (TPSA) is 12.5 Å². The number of hydrogen-bond donors (Lipinski definition) is 0. The Morgan fingerprint density at radius 1 is 1.70 bits per heavy atom. The minimum Gasteiger partial charge on any atom is -0.379 e. The van der Waals surface area contributed by atoms with Crippen molar-refractivity contribution in [2.45, 2.75) is 23.9 Å². The van der Waals surface area contributed by atoms with Crippen LogP contribution in [-0.2, 0) is 4.74 Å². The molecule has 1 aliphatic rings. The summed E-state index contributed by atoms with van der Waals surface area (Å²) in [5.74, 6) is 0. The smallest absolute Gasteiger partial charge is 0.0620 e. The number of halogens is 1. The summed E-state index contributed by atoms with van der Waals surface area (Å²) in [5.41, 5.74) is 0. The van der Waals surface area contributed by atoms with Crippen molar-refractivity contribution in [1.29, 1.82) is 0 Å². The van der Waals surface area contributed by atoms with E-state index in [1.807, 2.05) is 0 Å². The van der Waals surface area contributed by atoms with E-state index < -0.39 is 0 Å². The van der Waals surface area contributed by atoms with Crippen LogP contribution in [0.1, 0.15) is 13.8 Å². The molecule has 1 aliphatic heterocycles. The first kappa shape index (κ1) is 8.74. The van der Waals surface area contributed by atoms with Crippen LogP contribution in [0.4, 0.5) is 0 Å². The molecule has 2 atom stereocenters. The van der Waals surface area contributed by atoms with Crippen LogP contribution in [0.15, 0.2) is 0 Å². The Kier molecular flexibility index (Phi) is 3.39. The molecule has 0 aromatic heterocycles. The second kappa shape index (κ2) is 3.88. The highest BCUT2D eigenvalue weighted by Crippen LogP contribution is 2.14. The number of hydrogen-bond acceptors (Lipinski definition) is 2. The average molecular weight is 255 g/mol. The average Bonchev–Trinajstić information content (AvgIpc) is 1.88. The Bertz CT molecular complexity index is 108.